The highest BCUT2D eigenvalue weighted by Gasteiger charge is 2.00. The van der Waals surface area contributed by atoms with E-state index in [4.69, 9.17) is 19.2 Å². The molecule has 0 heterocycles. The summed E-state index contributed by atoms with van der Waals surface area (Å²) in [6, 6.07) is 0. The van der Waals surface area contributed by atoms with Crippen molar-refractivity contribution in [2.45, 2.75) is 32.6 Å². The number of halogens is 1. The zero-order chi connectivity index (χ0) is 10.0. The number of hydrogen-bond donors (Lipinski definition) is 3. The molecule has 0 aliphatic heterocycles. The van der Waals surface area contributed by atoms with Crippen LogP contribution in [0.15, 0.2) is 0 Å². The van der Waals surface area contributed by atoms with E-state index in [1.54, 1.807) is 0 Å². The Balaban J connectivity index is 0. The molecular formula is C6H16BrO4P. The Labute approximate surface area is 81.4 Å². The summed E-state index contributed by atoms with van der Waals surface area (Å²) in [4.78, 5) is 21.6. The molecule has 0 saturated carbocycles. The molecule has 0 fully saturated rings. The van der Waals surface area contributed by atoms with Crippen LogP contribution in [0.4, 0.5) is 0 Å². The lowest BCUT2D eigenvalue weighted by Gasteiger charge is -1.89. The molecule has 0 aliphatic rings. The summed E-state index contributed by atoms with van der Waals surface area (Å²) in [5.74, 6) is 0. The lowest BCUT2D eigenvalue weighted by molar-refractivity contribution is 0.275. The summed E-state index contributed by atoms with van der Waals surface area (Å²) in [6.45, 7) is 2.23. The molecule has 4 nitrogen and oxygen atoms in total. The van der Waals surface area contributed by atoms with Crippen molar-refractivity contribution in [3.05, 3.63) is 0 Å². The summed E-state index contributed by atoms with van der Waals surface area (Å²) in [5, 5.41) is 1.17. The van der Waals surface area contributed by atoms with E-state index in [9.17, 15) is 0 Å². The van der Waals surface area contributed by atoms with Gasteiger partial charge in [0.1, 0.15) is 0 Å². The van der Waals surface area contributed by atoms with Crippen LogP contribution in [0.2, 0.25) is 0 Å². The maximum absolute atomic E-state index is 8.88. The molecule has 0 amide bonds. The molecule has 3 N–H and O–H groups in total. The summed E-state index contributed by atoms with van der Waals surface area (Å²) in [5.41, 5.74) is 0. The van der Waals surface area contributed by atoms with Crippen LogP contribution in [0.25, 0.3) is 0 Å². The third-order valence-corrected chi connectivity index (χ3v) is 1.55. The standard InChI is InChI=1S/C6H13Br.H3O4P/c1-2-3-4-5-6-7;1-5(2,3)4/h2-6H2,1H3;(H3,1,2,3,4). The van der Waals surface area contributed by atoms with Gasteiger partial charge in [-0.1, -0.05) is 42.1 Å². The quantitative estimate of drug-likeness (QED) is 0.412. The molecule has 0 rings (SSSR count). The molecule has 0 aliphatic carbocycles. The lowest BCUT2D eigenvalue weighted by Crippen LogP contribution is -1.73. The number of phosphoric acid groups is 1. The average Bonchev–Trinajstić information content (AvgIpc) is 1.85. The predicted octanol–water partition coefficient (Wildman–Crippen LogP) is 2.03. The van der Waals surface area contributed by atoms with Crippen molar-refractivity contribution in [3.8, 4) is 0 Å². The van der Waals surface area contributed by atoms with E-state index in [1.807, 2.05) is 0 Å². The Bertz CT molecular complexity index is 112. The Hall–Kier alpha value is 0.590. The van der Waals surface area contributed by atoms with Crippen molar-refractivity contribution in [1.82, 2.24) is 0 Å². The zero-order valence-electron chi connectivity index (χ0n) is 7.11. The van der Waals surface area contributed by atoms with Gasteiger partial charge < -0.3 is 14.7 Å². The normalized spacial score (nSPS) is 10.4. The van der Waals surface area contributed by atoms with Crippen molar-refractivity contribution in [1.29, 1.82) is 0 Å². The lowest BCUT2D eigenvalue weighted by atomic mass is 10.2. The van der Waals surface area contributed by atoms with Gasteiger partial charge in [-0.2, -0.15) is 0 Å². The van der Waals surface area contributed by atoms with Gasteiger partial charge in [0.25, 0.3) is 0 Å². The number of rotatable bonds is 4. The highest BCUT2D eigenvalue weighted by Crippen LogP contribution is 2.25. The zero-order valence-corrected chi connectivity index (χ0v) is 9.59. The van der Waals surface area contributed by atoms with E-state index in [0.717, 1.165) is 0 Å². The largest absolute Gasteiger partial charge is 0.466 e. The molecule has 0 aromatic rings. The molecule has 6 heteroatoms. The second-order valence-electron chi connectivity index (χ2n) is 2.26. The number of unbranched alkanes of at least 4 members (excludes halogenated alkanes) is 3. The van der Waals surface area contributed by atoms with Crippen LogP contribution in [-0.4, -0.2) is 20.0 Å². The second-order valence-corrected chi connectivity index (χ2v) is 4.08. The second kappa shape index (κ2) is 9.68. The van der Waals surface area contributed by atoms with Gasteiger partial charge in [-0.15, -0.1) is 0 Å². The van der Waals surface area contributed by atoms with Gasteiger partial charge in [0.15, 0.2) is 0 Å². The van der Waals surface area contributed by atoms with Crippen LogP contribution in [0.5, 0.6) is 0 Å². The number of alkyl halides is 1. The van der Waals surface area contributed by atoms with Crippen molar-refractivity contribution >= 4 is 23.8 Å². The van der Waals surface area contributed by atoms with Gasteiger partial charge in [-0.3, -0.25) is 0 Å². The molecule has 0 spiro atoms. The molecular weight excluding hydrogens is 247 g/mol. The molecule has 0 atom stereocenters. The summed E-state index contributed by atoms with van der Waals surface area (Å²) in [7, 11) is -4.64. The van der Waals surface area contributed by atoms with E-state index < -0.39 is 7.82 Å². The smallest absolute Gasteiger partial charge is 0.303 e. The van der Waals surface area contributed by atoms with E-state index in [1.165, 1.54) is 31.0 Å². The van der Waals surface area contributed by atoms with E-state index >= 15 is 0 Å². The first-order valence-electron chi connectivity index (χ1n) is 3.76. The Morgan fingerprint density at radius 2 is 1.58 bits per heavy atom. The first-order valence-corrected chi connectivity index (χ1v) is 6.44. The van der Waals surface area contributed by atoms with E-state index in [-0.39, 0.29) is 0 Å². The minimum Gasteiger partial charge on any atom is -0.303 e. The maximum Gasteiger partial charge on any atom is 0.466 e. The van der Waals surface area contributed by atoms with Gasteiger partial charge in [-0.05, 0) is 6.42 Å². The van der Waals surface area contributed by atoms with Gasteiger partial charge in [0.2, 0.25) is 0 Å². The van der Waals surface area contributed by atoms with Crippen LogP contribution < -0.4 is 0 Å². The van der Waals surface area contributed by atoms with Crippen molar-refractivity contribution in [3.63, 3.8) is 0 Å². The molecule has 0 radical (unpaired) electrons. The van der Waals surface area contributed by atoms with Crippen molar-refractivity contribution in [2.75, 3.05) is 5.33 Å². The van der Waals surface area contributed by atoms with Gasteiger partial charge in [-0.25, -0.2) is 4.57 Å². The monoisotopic (exact) mass is 262 g/mol. The third-order valence-electron chi connectivity index (χ3n) is 0.987. The summed E-state index contributed by atoms with van der Waals surface area (Å²) >= 11 is 3.38. The van der Waals surface area contributed by atoms with Crippen LogP contribution >= 0.6 is 23.8 Å². The van der Waals surface area contributed by atoms with Crippen LogP contribution in [0, 0.1) is 0 Å². The van der Waals surface area contributed by atoms with Crippen LogP contribution in [0.3, 0.4) is 0 Å². The van der Waals surface area contributed by atoms with Gasteiger partial charge in [0.05, 0.1) is 0 Å². The molecule has 12 heavy (non-hydrogen) atoms. The topological polar surface area (TPSA) is 77.8 Å². The van der Waals surface area contributed by atoms with Crippen molar-refractivity contribution in [2.24, 2.45) is 0 Å². The summed E-state index contributed by atoms with van der Waals surface area (Å²) < 4.78 is 8.88. The molecule has 0 aromatic carbocycles. The minimum absolute atomic E-state index is 1.17. The highest BCUT2D eigenvalue weighted by molar-refractivity contribution is 9.09. The first kappa shape index (κ1) is 15.1. The molecule has 0 unspecified atom stereocenters. The minimum atomic E-state index is -4.64. The Morgan fingerprint density at radius 3 is 1.83 bits per heavy atom. The van der Waals surface area contributed by atoms with Gasteiger partial charge >= 0.3 is 7.82 Å². The molecule has 0 saturated heterocycles. The highest BCUT2D eigenvalue weighted by atomic mass is 79.9. The van der Waals surface area contributed by atoms with Crippen LogP contribution in [-0.2, 0) is 4.57 Å². The van der Waals surface area contributed by atoms with E-state index in [2.05, 4.69) is 22.9 Å². The predicted molar refractivity (Wildman–Crippen MR) is 52.2 cm³/mol. The van der Waals surface area contributed by atoms with Crippen molar-refractivity contribution < 1.29 is 19.2 Å². The average molecular weight is 263 g/mol. The fourth-order valence-corrected chi connectivity index (χ4v) is 0.918. The molecule has 76 valence electrons. The fourth-order valence-electron chi connectivity index (χ4n) is 0.521. The SMILES string of the molecule is CCCCCCBr.O=P(O)(O)O. The summed E-state index contributed by atoms with van der Waals surface area (Å²) in [6.07, 6.45) is 5.47. The molecule has 0 aromatic heterocycles. The van der Waals surface area contributed by atoms with Gasteiger partial charge in [0, 0.05) is 5.33 Å². The first-order chi connectivity index (χ1) is 5.41. The third kappa shape index (κ3) is 46.2. The Kier molecular flexibility index (Phi) is 12.2. The Morgan fingerprint density at radius 1 is 1.17 bits per heavy atom. The van der Waals surface area contributed by atoms with E-state index in [0.29, 0.717) is 0 Å². The molecule has 0 bridgehead atoms. The maximum atomic E-state index is 8.88. The number of hydrogen-bond acceptors (Lipinski definition) is 1. The fraction of sp³-hybridized carbons (Fsp3) is 1.00. The van der Waals surface area contributed by atoms with Crippen LogP contribution in [0.1, 0.15) is 32.6 Å².